The summed E-state index contributed by atoms with van der Waals surface area (Å²) in [6, 6.07) is -2.86. The molecule has 2 saturated heterocycles. The van der Waals surface area contributed by atoms with E-state index in [2.05, 4.69) is 26.2 Å². The third-order valence-electron chi connectivity index (χ3n) is 7.32. The van der Waals surface area contributed by atoms with Crippen LogP contribution >= 0.6 is 21.6 Å². The first kappa shape index (κ1) is 35.2. The quantitative estimate of drug-likeness (QED) is 0.140. The number of nitrogens with one attached hydrogen (secondary N) is 4. The second-order valence-corrected chi connectivity index (χ2v) is 13.8. The van der Waals surface area contributed by atoms with E-state index in [1.165, 1.54) is 21.6 Å². The molecule has 242 valence electrons. The minimum absolute atomic E-state index is 0.00478. The molecular weight excluding hydrogens is 598 g/mol. The van der Waals surface area contributed by atoms with E-state index in [0.717, 1.165) is 13.1 Å². The van der Waals surface area contributed by atoms with Crippen LogP contribution in [0.1, 0.15) is 46.0 Å². The van der Waals surface area contributed by atoms with Crippen LogP contribution in [0.3, 0.4) is 0 Å². The van der Waals surface area contributed by atoms with Crippen LogP contribution < -0.4 is 21.3 Å². The van der Waals surface area contributed by atoms with Crippen molar-refractivity contribution in [3.8, 4) is 0 Å². The zero-order valence-corrected chi connectivity index (χ0v) is 26.5. The Morgan fingerprint density at radius 2 is 1.86 bits per heavy atom. The van der Waals surface area contributed by atoms with Gasteiger partial charge in [0.2, 0.25) is 23.6 Å². The third kappa shape index (κ3) is 12.7. The molecule has 0 aliphatic carbocycles. The number of esters is 1. The highest BCUT2D eigenvalue weighted by molar-refractivity contribution is 8.76. The molecule has 3 aliphatic heterocycles. The van der Waals surface area contributed by atoms with Crippen LogP contribution in [0.2, 0.25) is 0 Å². The average Bonchev–Trinajstić information content (AvgIpc) is 2.96. The first-order chi connectivity index (χ1) is 20.6. The number of amides is 4. The lowest BCUT2D eigenvalue weighted by molar-refractivity contribution is -0.151. The molecule has 2 bridgehead atoms. The van der Waals surface area contributed by atoms with Crippen molar-refractivity contribution >= 4 is 51.2 Å². The van der Waals surface area contributed by atoms with Gasteiger partial charge >= 0.3 is 5.97 Å². The van der Waals surface area contributed by atoms with E-state index in [1.807, 2.05) is 6.08 Å². The molecule has 4 amide bonds. The van der Waals surface area contributed by atoms with Gasteiger partial charge in [-0.15, -0.1) is 0 Å². The highest BCUT2D eigenvalue weighted by Crippen LogP contribution is 2.24. The van der Waals surface area contributed by atoms with Crippen molar-refractivity contribution in [2.75, 3.05) is 50.9 Å². The van der Waals surface area contributed by atoms with Gasteiger partial charge in [0, 0.05) is 44.1 Å². The normalized spacial score (nSPS) is 29.6. The summed E-state index contributed by atoms with van der Waals surface area (Å²) in [6.07, 6.45) is 1.31. The largest absolute Gasteiger partial charge is 0.457 e. The van der Waals surface area contributed by atoms with Gasteiger partial charge in [-0.2, -0.15) is 0 Å². The summed E-state index contributed by atoms with van der Waals surface area (Å²) in [4.78, 5) is 67.5. The monoisotopic (exact) mass is 643 g/mol. The number of rotatable bonds is 7. The number of allylic oxidation sites excluding steroid dienone is 1. The highest BCUT2D eigenvalue weighted by atomic mass is 33.1. The van der Waals surface area contributed by atoms with Gasteiger partial charge in [0.05, 0.1) is 38.2 Å². The molecule has 2 fully saturated rings. The van der Waals surface area contributed by atoms with Crippen molar-refractivity contribution in [3.63, 3.8) is 0 Å². The Bertz CT molecular complexity index is 994. The van der Waals surface area contributed by atoms with E-state index < -0.39 is 54.0 Å². The van der Waals surface area contributed by atoms with Crippen LogP contribution in [0.4, 0.5) is 0 Å². The highest BCUT2D eigenvalue weighted by Gasteiger charge is 2.33. The van der Waals surface area contributed by atoms with Crippen molar-refractivity contribution in [3.05, 3.63) is 12.2 Å². The van der Waals surface area contributed by atoms with Crippen LogP contribution in [0.15, 0.2) is 12.2 Å². The van der Waals surface area contributed by atoms with Crippen molar-refractivity contribution in [1.82, 2.24) is 26.2 Å². The van der Waals surface area contributed by atoms with Crippen molar-refractivity contribution in [2.24, 2.45) is 5.92 Å². The van der Waals surface area contributed by atoms with Gasteiger partial charge in [0.1, 0.15) is 18.2 Å². The number of ether oxygens (including phenoxy) is 2. The summed E-state index contributed by atoms with van der Waals surface area (Å²) >= 11 is 0. The fourth-order valence-corrected chi connectivity index (χ4v) is 7.03. The Hall–Kier alpha value is -2.33. The molecule has 3 rings (SSSR count). The summed E-state index contributed by atoms with van der Waals surface area (Å²) in [5.74, 6) is -1.93. The van der Waals surface area contributed by atoms with Gasteiger partial charge in [-0.3, -0.25) is 28.9 Å². The third-order valence-corrected chi connectivity index (χ3v) is 9.77. The molecule has 5 atom stereocenters. The van der Waals surface area contributed by atoms with Crippen molar-refractivity contribution in [1.29, 1.82) is 0 Å². The predicted molar refractivity (Wildman–Crippen MR) is 164 cm³/mol. The first-order valence-corrected chi connectivity index (χ1v) is 17.4. The maximum absolute atomic E-state index is 13.5. The first-order valence-electron chi connectivity index (χ1n) is 14.9. The number of aliphatic hydroxyl groups excluding tert-OH is 1. The van der Waals surface area contributed by atoms with Crippen LogP contribution in [0, 0.1) is 5.92 Å². The lowest BCUT2D eigenvalue weighted by Gasteiger charge is -2.29. The molecule has 13 nitrogen and oxygen atoms in total. The molecule has 0 aromatic carbocycles. The Labute approximate surface area is 260 Å². The molecule has 0 unspecified atom stereocenters. The van der Waals surface area contributed by atoms with Gasteiger partial charge < -0.3 is 35.8 Å². The molecule has 43 heavy (non-hydrogen) atoms. The maximum Gasteiger partial charge on any atom is 0.309 e. The lowest BCUT2D eigenvalue weighted by atomic mass is 9.96. The van der Waals surface area contributed by atoms with Crippen molar-refractivity contribution in [2.45, 2.75) is 76.3 Å². The van der Waals surface area contributed by atoms with Crippen LogP contribution in [0.5, 0.6) is 0 Å². The minimum atomic E-state index is -1.24. The number of fused-ring (bicyclic) bond motifs is 7. The Morgan fingerprint density at radius 3 is 2.60 bits per heavy atom. The van der Waals surface area contributed by atoms with E-state index in [0.29, 0.717) is 38.5 Å². The number of hydrogen-bond donors (Lipinski definition) is 5. The molecule has 0 radical (unpaired) electrons. The number of hydrogen-bond acceptors (Lipinski definition) is 11. The number of carbonyl (C=O) groups is 5. The predicted octanol–water partition coefficient (Wildman–Crippen LogP) is -0.267. The molecule has 0 aromatic heterocycles. The summed E-state index contributed by atoms with van der Waals surface area (Å²) in [7, 11) is 2.95. The van der Waals surface area contributed by atoms with Crippen LogP contribution in [0.25, 0.3) is 0 Å². The second-order valence-electron chi connectivity index (χ2n) is 11.1. The summed E-state index contributed by atoms with van der Waals surface area (Å²) < 4.78 is 10.9. The Balaban J connectivity index is 1.78. The van der Waals surface area contributed by atoms with E-state index in [-0.39, 0.29) is 43.3 Å². The van der Waals surface area contributed by atoms with Gasteiger partial charge in [0.25, 0.3) is 0 Å². The van der Waals surface area contributed by atoms with Crippen LogP contribution in [-0.4, -0.2) is 121 Å². The fourth-order valence-electron chi connectivity index (χ4n) is 4.88. The van der Waals surface area contributed by atoms with Crippen molar-refractivity contribution < 1.29 is 38.6 Å². The lowest BCUT2D eigenvalue weighted by Crippen LogP contribution is -2.58. The molecule has 5 N–H and O–H groups in total. The number of morpholine rings is 1. The number of aliphatic hydroxyl groups is 1. The zero-order valence-electron chi connectivity index (χ0n) is 24.9. The number of carbonyl (C=O) groups excluding carboxylic acids is 5. The Morgan fingerprint density at radius 1 is 1.09 bits per heavy atom. The zero-order chi connectivity index (χ0) is 31.2. The van der Waals surface area contributed by atoms with Crippen LogP contribution in [-0.2, 0) is 33.4 Å². The molecule has 0 saturated carbocycles. The van der Waals surface area contributed by atoms with Gasteiger partial charge in [0.15, 0.2) is 0 Å². The molecule has 3 heterocycles. The standard InChI is InChI=1S/C28H45N5O8S2/c1-18(2)26-22(34)16-25(37)41-19-5-3-4-14-42-43-17-21(28(39)32-26)31-27(38)20(30-24(36)15-19)6-7-23(35)29-8-9-33-10-12-40-13-11-33/h3,5,18-22,26,34H,4,6-17H2,1-2H3,(H,29,35)(H,30,36)(H,31,38)(H,32,39)/b5-3+/t19-,20-,21+,22+,26-/m1/s1. The smallest absolute Gasteiger partial charge is 0.309 e. The van der Waals surface area contributed by atoms with E-state index in [9.17, 15) is 29.1 Å². The molecule has 0 spiro atoms. The summed E-state index contributed by atoms with van der Waals surface area (Å²) in [5, 5.41) is 21.9. The molecular formula is C28H45N5O8S2. The van der Waals surface area contributed by atoms with Gasteiger partial charge in [-0.05, 0) is 24.8 Å². The molecule has 15 heteroatoms. The summed E-state index contributed by atoms with van der Waals surface area (Å²) in [6.45, 7) is 7.67. The minimum Gasteiger partial charge on any atom is -0.457 e. The average molecular weight is 644 g/mol. The Kier molecular flexibility index (Phi) is 15.1. The fraction of sp³-hybridized carbons (Fsp3) is 0.750. The summed E-state index contributed by atoms with van der Waals surface area (Å²) in [5.41, 5.74) is 0. The number of nitrogens with zero attached hydrogens (tertiary/aromatic N) is 1. The van der Waals surface area contributed by atoms with E-state index in [4.69, 9.17) is 9.47 Å². The molecule has 3 aliphatic rings. The van der Waals surface area contributed by atoms with Gasteiger partial charge in [-0.25, -0.2) is 0 Å². The van der Waals surface area contributed by atoms with E-state index >= 15 is 0 Å². The molecule has 0 aromatic rings. The maximum atomic E-state index is 13.5. The second kappa shape index (κ2) is 18.5. The van der Waals surface area contributed by atoms with Gasteiger partial charge in [-0.1, -0.05) is 41.5 Å². The topological polar surface area (TPSA) is 175 Å². The SMILES string of the molecule is CC(C)[C@H]1NC(=O)[C@@H]2CSSCC/C=C/[C@H](CC(=O)N[C@H](CCC(=O)NCCN3CCOCC3)C(=O)N2)OC(=O)C[C@@H]1O. The van der Waals surface area contributed by atoms with E-state index in [1.54, 1.807) is 19.9 Å².